The molecule has 0 aliphatic heterocycles. The van der Waals surface area contributed by atoms with Crippen molar-refractivity contribution in [1.82, 2.24) is 0 Å². The zero-order valence-corrected chi connectivity index (χ0v) is 17.8. The van der Waals surface area contributed by atoms with E-state index >= 15 is 0 Å². The molecule has 0 unspecified atom stereocenters. The van der Waals surface area contributed by atoms with E-state index in [0.717, 1.165) is 29.8 Å². The molecule has 0 atom stereocenters. The Morgan fingerprint density at radius 3 is 1.97 bits per heavy atom. The molecule has 0 aromatic heterocycles. The standard InChI is InChI=1S/C28H22N2O2/c1-32-28(31)30(27-15-7-13-23-21-11-5-3-9-19(21)17-25(23)27)29-26-14-6-12-22-20-10-4-2-8-18(20)16-24(22)26/h2-15,29H,16-17H2,1H3. The molecule has 4 nitrogen and oxygen atoms in total. The third kappa shape index (κ3) is 2.80. The molecule has 1 N–H and O–H groups in total. The second kappa shape index (κ2) is 7.27. The summed E-state index contributed by atoms with van der Waals surface area (Å²) in [4.78, 5) is 12.9. The molecule has 4 aromatic carbocycles. The zero-order chi connectivity index (χ0) is 21.7. The van der Waals surface area contributed by atoms with Gasteiger partial charge in [0.15, 0.2) is 0 Å². The lowest BCUT2D eigenvalue weighted by molar-refractivity contribution is 0.180. The Balaban J connectivity index is 1.43. The van der Waals surface area contributed by atoms with Crippen molar-refractivity contribution < 1.29 is 9.53 Å². The summed E-state index contributed by atoms with van der Waals surface area (Å²) in [7, 11) is 1.42. The molecule has 4 aromatic rings. The number of carbonyl (C=O) groups is 1. The van der Waals surface area contributed by atoms with Crippen LogP contribution in [0.15, 0.2) is 84.9 Å². The van der Waals surface area contributed by atoms with Crippen LogP contribution in [-0.2, 0) is 17.6 Å². The van der Waals surface area contributed by atoms with Crippen molar-refractivity contribution in [2.45, 2.75) is 12.8 Å². The van der Waals surface area contributed by atoms with Gasteiger partial charge in [0, 0.05) is 12.8 Å². The maximum absolute atomic E-state index is 12.9. The lowest BCUT2D eigenvalue weighted by atomic mass is 10.0. The van der Waals surface area contributed by atoms with Crippen molar-refractivity contribution in [2.24, 2.45) is 0 Å². The van der Waals surface area contributed by atoms with Crippen LogP contribution in [-0.4, -0.2) is 13.2 Å². The highest BCUT2D eigenvalue weighted by atomic mass is 16.5. The molecule has 32 heavy (non-hydrogen) atoms. The summed E-state index contributed by atoms with van der Waals surface area (Å²) in [6.07, 6.45) is 1.18. The molecule has 0 radical (unpaired) electrons. The second-order valence-corrected chi connectivity index (χ2v) is 8.22. The molecule has 0 saturated heterocycles. The van der Waals surface area contributed by atoms with Crippen LogP contribution in [0.5, 0.6) is 0 Å². The van der Waals surface area contributed by atoms with Gasteiger partial charge in [0.1, 0.15) is 0 Å². The predicted octanol–water partition coefficient (Wildman–Crippen LogP) is 6.43. The average molecular weight is 418 g/mol. The van der Waals surface area contributed by atoms with Gasteiger partial charge >= 0.3 is 6.09 Å². The Hall–Kier alpha value is -4.05. The van der Waals surface area contributed by atoms with Gasteiger partial charge in [-0.25, -0.2) is 4.79 Å². The number of fused-ring (bicyclic) bond motifs is 6. The normalized spacial score (nSPS) is 12.4. The van der Waals surface area contributed by atoms with E-state index in [-0.39, 0.29) is 0 Å². The summed E-state index contributed by atoms with van der Waals surface area (Å²) in [6.45, 7) is 0. The molecule has 4 heteroatoms. The van der Waals surface area contributed by atoms with Crippen LogP contribution < -0.4 is 10.4 Å². The molecule has 0 saturated carbocycles. The SMILES string of the molecule is COC(=O)N(Nc1cccc2c1Cc1ccccc1-2)c1cccc2c1Cc1ccccc1-2. The van der Waals surface area contributed by atoms with E-state index < -0.39 is 6.09 Å². The van der Waals surface area contributed by atoms with Crippen molar-refractivity contribution in [1.29, 1.82) is 0 Å². The highest BCUT2D eigenvalue weighted by Gasteiger charge is 2.28. The summed E-state index contributed by atoms with van der Waals surface area (Å²) < 4.78 is 5.18. The van der Waals surface area contributed by atoms with Gasteiger partial charge in [-0.3, -0.25) is 5.43 Å². The van der Waals surface area contributed by atoms with Crippen molar-refractivity contribution in [2.75, 3.05) is 17.5 Å². The molecule has 0 heterocycles. The predicted molar refractivity (Wildman–Crippen MR) is 128 cm³/mol. The number of hydrogen-bond donors (Lipinski definition) is 1. The monoisotopic (exact) mass is 418 g/mol. The number of methoxy groups -OCH3 is 1. The number of carbonyl (C=O) groups excluding carboxylic acids is 1. The van der Waals surface area contributed by atoms with Crippen LogP contribution in [0.3, 0.4) is 0 Å². The number of benzene rings is 4. The largest absolute Gasteiger partial charge is 0.451 e. The van der Waals surface area contributed by atoms with E-state index in [0.29, 0.717) is 0 Å². The fraction of sp³-hybridized carbons (Fsp3) is 0.107. The molecule has 2 aliphatic carbocycles. The fourth-order valence-corrected chi connectivity index (χ4v) is 5.03. The number of ether oxygens (including phenoxy) is 1. The number of hydrazine groups is 1. The summed E-state index contributed by atoms with van der Waals surface area (Å²) in [5.74, 6) is 0. The maximum Gasteiger partial charge on any atom is 0.433 e. The van der Waals surface area contributed by atoms with Gasteiger partial charge in [0.2, 0.25) is 0 Å². The highest BCUT2D eigenvalue weighted by molar-refractivity contribution is 5.95. The Morgan fingerprint density at radius 1 is 0.719 bits per heavy atom. The minimum Gasteiger partial charge on any atom is -0.451 e. The zero-order valence-electron chi connectivity index (χ0n) is 17.8. The number of hydrogen-bond acceptors (Lipinski definition) is 3. The smallest absolute Gasteiger partial charge is 0.433 e. The Kier molecular flexibility index (Phi) is 4.25. The van der Waals surface area contributed by atoms with E-state index in [1.165, 1.54) is 46.1 Å². The lowest BCUT2D eigenvalue weighted by Crippen LogP contribution is -2.37. The van der Waals surface area contributed by atoms with Crippen molar-refractivity contribution >= 4 is 17.5 Å². The molecule has 1 amide bonds. The molecule has 156 valence electrons. The van der Waals surface area contributed by atoms with Gasteiger partial charge in [0.25, 0.3) is 0 Å². The fourth-order valence-electron chi connectivity index (χ4n) is 5.03. The molecule has 0 spiro atoms. The second-order valence-electron chi connectivity index (χ2n) is 8.22. The molecular formula is C28H22N2O2. The van der Waals surface area contributed by atoms with E-state index in [9.17, 15) is 4.79 Å². The number of amides is 1. The number of nitrogens with zero attached hydrogens (tertiary/aromatic N) is 1. The minimum atomic E-state index is -0.442. The van der Waals surface area contributed by atoms with Crippen LogP contribution in [0.4, 0.5) is 16.2 Å². The Bertz CT molecular complexity index is 1380. The van der Waals surface area contributed by atoms with E-state index in [1.807, 2.05) is 24.3 Å². The topological polar surface area (TPSA) is 41.6 Å². The lowest BCUT2D eigenvalue weighted by Gasteiger charge is -2.26. The first-order chi connectivity index (χ1) is 15.7. The molecular weight excluding hydrogens is 396 g/mol. The van der Waals surface area contributed by atoms with Crippen LogP contribution in [0.2, 0.25) is 0 Å². The summed E-state index contributed by atoms with van der Waals surface area (Å²) >= 11 is 0. The summed E-state index contributed by atoms with van der Waals surface area (Å²) in [5, 5.41) is 1.54. The molecule has 0 bridgehead atoms. The van der Waals surface area contributed by atoms with Crippen molar-refractivity contribution in [3.05, 3.63) is 107 Å². The number of anilines is 2. The first-order valence-corrected chi connectivity index (χ1v) is 10.8. The Morgan fingerprint density at radius 2 is 1.28 bits per heavy atom. The number of rotatable bonds is 3. The van der Waals surface area contributed by atoms with Crippen molar-refractivity contribution in [3.8, 4) is 22.3 Å². The molecule has 2 aliphatic rings. The van der Waals surface area contributed by atoms with Crippen LogP contribution >= 0.6 is 0 Å². The first kappa shape index (κ1) is 18.7. The number of nitrogens with one attached hydrogen (secondary N) is 1. The van der Waals surface area contributed by atoms with Gasteiger partial charge in [-0.2, -0.15) is 5.01 Å². The third-order valence-corrected chi connectivity index (χ3v) is 6.51. The summed E-state index contributed by atoms with van der Waals surface area (Å²) in [6, 6.07) is 29.2. The molecule has 0 fully saturated rings. The third-order valence-electron chi connectivity index (χ3n) is 6.51. The van der Waals surface area contributed by atoms with E-state index in [2.05, 4.69) is 66.1 Å². The Labute approximate surface area is 187 Å². The van der Waals surface area contributed by atoms with Gasteiger partial charge in [-0.1, -0.05) is 72.8 Å². The quantitative estimate of drug-likeness (QED) is 0.337. The first-order valence-electron chi connectivity index (χ1n) is 10.8. The van der Waals surface area contributed by atoms with Gasteiger partial charge in [0.05, 0.1) is 18.5 Å². The van der Waals surface area contributed by atoms with Gasteiger partial charge in [-0.15, -0.1) is 0 Å². The van der Waals surface area contributed by atoms with E-state index in [1.54, 1.807) is 5.01 Å². The van der Waals surface area contributed by atoms with E-state index in [4.69, 9.17) is 4.74 Å². The van der Waals surface area contributed by atoms with Gasteiger partial charge in [-0.05, 0) is 56.6 Å². The van der Waals surface area contributed by atoms with Crippen molar-refractivity contribution in [3.63, 3.8) is 0 Å². The molecule has 6 rings (SSSR count). The van der Waals surface area contributed by atoms with Crippen LogP contribution in [0.25, 0.3) is 22.3 Å². The summed E-state index contributed by atoms with van der Waals surface area (Å²) in [5.41, 5.74) is 14.9. The van der Waals surface area contributed by atoms with Gasteiger partial charge < -0.3 is 4.74 Å². The van der Waals surface area contributed by atoms with Crippen LogP contribution in [0, 0.1) is 0 Å². The van der Waals surface area contributed by atoms with Crippen LogP contribution in [0.1, 0.15) is 22.3 Å². The minimum absolute atomic E-state index is 0.442. The highest BCUT2D eigenvalue weighted by Crippen LogP contribution is 2.43. The maximum atomic E-state index is 12.9. The average Bonchev–Trinajstić information content (AvgIpc) is 3.41.